The van der Waals surface area contributed by atoms with E-state index in [0.29, 0.717) is 12.1 Å². The van der Waals surface area contributed by atoms with E-state index in [1.165, 1.54) is 18.4 Å². The van der Waals surface area contributed by atoms with Crippen LogP contribution in [0.4, 0.5) is 0 Å². The first-order valence-corrected chi connectivity index (χ1v) is 8.12. The fraction of sp³-hybridized carbons (Fsp3) is 0.529. The largest absolute Gasteiger partial charge is 0.307 e. The molecule has 1 aromatic rings. The summed E-state index contributed by atoms with van der Waals surface area (Å²) >= 11 is 3.55. The first kappa shape index (κ1) is 13.4. The second-order valence-electron chi connectivity index (χ2n) is 6.18. The lowest BCUT2D eigenvalue weighted by atomic mass is 9.87. The molecule has 0 aromatic heterocycles. The average Bonchev–Trinajstić information content (AvgIpc) is 3.00. The summed E-state index contributed by atoms with van der Waals surface area (Å²) in [5, 5.41) is 3.80. The summed E-state index contributed by atoms with van der Waals surface area (Å²) in [4.78, 5) is 0. The van der Waals surface area contributed by atoms with Crippen molar-refractivity contribution in [1.82, 2.24) is 5.32 Å². The molecular weight excluding hydrogens is 298 g/mol. The van der Waals surface area contributed by atoms with E-state index in [1.54, 1.807) is 0 Å². The Morgan fingerprint density at radius 2 is 2.05 bits per heavy atom. The Morgan fingerprint density at radius 3 is 2.68 bits per heavy atom. The molecule has 3 rings (SSSR count). The molecule has 1 fully saturated rings. The predicted octanol–water partition coefficient (Wildman–Crippen LogP) is 4.70. The Balaban J connectivity index is 1.63. The quantitative estimate of drug-likeness (QED) is 0.793. The van der Waals surface area contributed by atoms with E-state index in [-0.39, 0.29) is 0 Å². The molecule has 2 aliphatic rings. The van der Waals surface area contributed by atoms with E-state index >= 15 is 0 Å². The first-order chi connectivity index (χ1) is 9.13. The van der Waals surface area contributed by atoms with Crippen LogP contribution < -0.4 is 5.32 Å². The van der Waals surface area contributed by atoms with E-state index in [1.807, 2.05) is 0 Å². The zero-order valence-electron chi connectivity index (χ0n) is 11.6. The molecule has 5 atom stereocenters. The van der Waals surface area contributed by atoms with E-state index in [4.69, 9.17) is 0 Å². The molecule has 1 aromatic carbocycles. The number of hydrogen-bond donors (Lipinski definition) is 1. The number of rotatable bonds is 4. The molecule has 102 valence electrons. The van der Waals surface area contributed by atoms with Crippen LogP contribution in [0.1, 0.15) is 38.3 Å². The number of benzene rings is 1. The second kappa shape index (κ2) is 5.41. The van der Waals surface area contributed by atoms with Gasteiger partial charge in [-0.15, -0.1) is 0 Å². The maximum Gasteiger partial charge on any atom is 0.0294 e. The van der Waals surface area contributed by atoms with Crippen LogP contribution in [0.5, 0.6) is 0 Å². The summed E-state index contributed by atoms with van der Waals surface area (Å²) in [5.74, 6) is 2.51. The molecule has 0 heterocycles. The van der Waals surface area contributed by atoms with Crippen molar-refractivity contribution in [3.8, 4) is 0 Å². The van der Waals surface area contributed by atoms with Crippen LogP contribution in [-0.2, 0) is 0 Å². The molecule has 5 unspecified atom stereocenters. The summed E-state index contributed by atoms with van der Waals surface area (Å²) in [6.07, 6.45) is 7.63. The van der Waals surface area contributed by atoms with Gasteiger partial charge >= 0.3 is 0 Å². The highest BCUT2D eigenvalue weighted by Crippen LogP contribution is 2.45. The summed E-state index contributed by atoms with van der Waals surface area (Å²) in [7, 11) is 0. The summed E-state index contributed by atoms with van der Waals surface area (Å²) in [6.45, 7) is 4.62. The highest BCUT2D eigenvalue weighted by atomic mass is 79.9. The average molecular weight is 320 g/mol. The van der Waals surface area contributed by atoms with Gasteiger partial charge in [0.25, 0.3) is 0 Å². The molecule has 2 heteroatoms. The van der Waals surface area contributed by atoms with Crippen molar-refractivity contribution in [3.63, 3.8) is 0 Å². The number of fused-ring (bicyclic) bond motifs is 2. The number of hydrogen-bond acceptors (Lipinski definition) is 1. The van der Waals surface area contributed by atoms with Gasteiger partial charge in [0.1, 0.15) is 0 Å². The predicted molar refractivity (Wildman–Crippen MR) is 84.0 cm³/mol. The Kier molecular flexibility index (Phi) is 3.81. The van der Waals surface area contributed by atoms with Crippen molar-refractivity contribution in [2.45, 2.75) is 38.8 Å². The van der Waals surface area contributed by atoms with Crippen molar-refractivity contribution >= 4 is 15.9 Å². The minimum absolute atomic E-state index is 0.413. The minimum Gasteiger partial charge on any atom is -0.307 e. The van der Waals surface area contributed by atoms with Crippen molar-refractivity contribution in [2.24, 2.45) is 17.8 Å². The highest BCUT2D eigenvalue weighted by Gasteiger charge is 2.38. The Morgan fingerprint density at radius 1 is 1.21 bits per heavy atom. The van der Waals surface area contributed by atoms with Crippen molar-refractivity contribution in [2.75, 3.05) is 0 Å². The monoisotopic (exact) mass is 319 g/mol. The van der Waals surface area contributed by atoms with Crippen LogP contribution in [0.2, 0.25) is 0 Å². The molecule has 2 bridgehead atoms. The number of halogens is 1. The van der Waals surface area contributed by atoms with Crippen LogP contribution in [0.3, 0.4) is 0 Å². The van der Waals surface area contributed by atoms with Crippen LogP contribution in [-0.4, -0.2) is 6.04 Å². The lowest BCUT2D eigenvalue weighted by Gasteiger charge is -2.29. The Bertz CT molecular complexity index is 482. The third kappa shape index (κ3) is 2.80. The molecule has 0 aliphatic heterocycles. The van der Waals surface area contributed by atoms with E-state index in [2.05, 4.69) is 71.5 Å². The van der Waals surface area contributed by atoms with Gasteiger partial charge in [-0.1, -0.05) is 40.2 Å². The Hall–Kier alpha value is -0.600. The Labute approximate surface area is 124 Å². The zero-order valence-corrected chi connectivity index (χ0v) is 13.2. The maximum absolute atomic E-state index is 3.80. The lowest BCUT2D eigenvalue weighted by molar-refractivity contribution is 0.307. The van der Waals surface area contributed by atoms with Gasteiger partial charge in [0.15, 0.2) is 0 Å². The van der Waals surface area contributed by atoms with Crippen molar-refractivity contribution in [3.05, 3.63) is 46.5 Å². The molecule has 1 N–H and O–H groups in total. The lowest BCUT2D eigenvalue weighted by Crippen LogP contribution is -2.37. The molecule has 1 saturated carbocycles. The molecule has 0 saturated heterocycles. The topological polar surface area (TPSA) is 12.0 Å². The van der Waals surface area contributed by atoms with Gasteiger partial charge in [-0.05, 0) is 62.1 Å². The van der Waals surface area contributed by atoms with Gasteiger partial charge in [0.05, 0.1) is 0 Å². The summed E-state index contributed by atoms with van der Waals surface area (Å²) in [6, 6.07) is 9.62. The van der Waals surface area contributed by atoms with Crippen LogP contribution in [0.15, 0.2) is 40.9 Å². The zero-order chi connectivity index (χ0) is 13.4. The number of nitrogens with one attached hydrogen (secondary N) is 1. The third-order valence-electron chi connectivity index (χ3n) is 4.83. The number of allylic oxidation sites excluding steroid dienone is 2. The summed E-state index contributed by atoms with van der Waals surface area (Å²) < 4.78 is 1.16. The van der Waals surface area contributed by atoms with Gasteiger partial charge in [-0.2, -0.15) is 0 Å². The third-order valence-corrected chi connectivity index (χ3v) is 5.33. The minimum atomic E-state index is 0.413. The van der Waals surface area contributed by atoms with Crippen LogP contribution in [0, 0.1) is 17.8 Å². The van der Waals surface area contributed by atoms with Crippen molar-refractivity contribution in [1.29, 1.82) is 0 Å². The molecule has 0 radical (unpaired) electrons. The van der Waals surface area contributed by atoms with E-state index < -0.39 is 0 Å². The van der Waals surface area contributed by atoms with Crippen molar-refractivity contribution < 1.29 is 0 Å². The molecule has 0 amide bonds. The molecule has 1 nitrogen and oxygen atoms in total. The van der Waals surface area contributed by atoms with Gasteiger partial charge in [0, 0.05) is 16.6 Å². The molecule has 2 aliphatic carbocycles. The van der Waals surface area contributed by atoms with Gasteiger partial charge in [0.2, 0.25) is 0 Å². The normalized spacial score (nSPS) is 31.6. The SMILES string of the molecule is CC(NC(C)C1CC2C=CC1C2)c1cccc(Br)c1. The molecule has 19 heavy (non-hydrogen) atoms. The highest BCUT2D eigenvalue weighted by molar-refractivity contribution is 9.10. The smallest absolute Gasteiger partial charge is 0.0294 e. The molecule has 0 spiro atoms. The fourth-order valence-electron chi connectivity index (χ4n) is 3.79. The van der Waals surface area contributed by atoms with Gasteiger partial charge in [-0.3, -0.25) is 0 Å². The van der Waals surface area contributed by atoms with Crippen LogP contribution in [0.25, 0.3) is 0 Å². The fourth-order valence-corrected chi connectivity index (χ4v) is 4.21. The second-order valence-corrected chi connectivity index (χ2v) is 7.09. The molecular formula is C17H22BrN. The maximum atomic E-state index is 3.80. The first-order valence-electron chi connectivity index (χ1n) is 7.33. The van der Waals surface area contributed by atoms with Gasteiger partial charge < -0.3 is 5.32 Å². The van der Waals surface area contributed by atoms with E-state index in [0.717, 1.165) is 22.2 Å². The standard InChI is InChI=1S/C17H22BrN/c1-11(14-4-3-5-16(18)10-14)19-12(2)17-9-13-6-7-15(17)8-13/h3-7,10-13,15,17,19H,8-9H2,1-2H3. The van der Waals surface area contributed by atoms with Gasteiger partial charge in [-0.25, -0.2) is 0 Å². The van der Waals surface area contributed by atoms with Crippen LogP contribution >= 0.6 is 15.9 Å². The van der Waals surface area contributed by atoms with E-state index in [9.17, 15) is 0 Å². The summed E-state index contributed by atoms with van der Waals surface area (Å²) in [5.41, 5.74) is 1.36.